The summed E-state index contributed by atoms with van der Waals surface area (Å²) in [4.78, 5) is 27.0. The third-order valence-corrected chi connectivity index (χ3v) is 6.14. The molecule has 0 bridgehead atoms. The highest BCUT2D eigenvalue weighted by molar-refractivity contribution is 8.18. The van der Waals surface area contributed by atoms with Gasteiger partial charge in [0.05, 0.1) is 18.6 Å². The SMILES string of the molecule is COc1ccc2ccccc2c1/C=C1\SC(=O)N(Cc2ccc(Cl)cc2Cl)C1=O. The number of ether oxygens (including phenoxy) is 1. The molecule has 3 aromatic rings. The van der Waals surface area contributed by atoms with Crippen LogP contribution < -0.4 is 4.74 Å². The van der Waals surface area contributed by atoms with Crippen molar-refractivity contribution in [1.82, 2.24) is 4.90 Å². The minimum Gasteiger partial charge on any atom is -0.496 e. The molecule has 1 aliphatic heterocycles. The standard InChI is InChI=1S/C22H15Cl2NO3S/c1-28-19-9-7-13-4-2-3-5-16(13)17(19)11-20-21(26)25(22(27)29-20)12-14-6-8-15(23)10-18(14)24/h2-11H,12H2,1H3/b20-11-. The van der Waals surface area contributed by atoms with E-state index >= 15 is 0 Å². The number of fused-ring (bicyclic) bond motifs is 1. The normalized spacial score (nSPS) is 15.6. The van der Waals surface area contributed by atoms with Gasteiger partial charge in [0.15, 0.2) is 0 Å². The number of benzene rings is 3. The summed E-state index contributed by atoms with van der Waals surface area (Å²) in [6.07, 6.45) is 1.72. The lowest BCUT2D eigenvalue weighted by atomic mass is 10.0. The minimum absolute atomic E-state index is 0.0880. The molecule has 0 spiro atoms. The first-order valence-corrected chi connectivity index (χ1v) is 10.3. The van der Waals surface area contributed by atoms with E-state index in [0.29, 0.717) is 26.3 Å². The Labute approximate surface area is 182 Å². The van der Waals surface area contributed by atoms with E-state index in [4.69, 9.17) is 27.9 Å². The molecule has 4 rings (SSSR count). The van der Waals surface area contributed by atoms with E-state index in [1.54, 1.807) is 31.4 Å². The third-order valence-electron chi connectivity index (χ3n) is 4.64. The lowest BCUT2D eigenvalue weighted by molar-refractivity contribution is -0.123. The predicted molar refractivity (Wildman–Crippen MR) is 118 cm³/mol. The summed E-state index contributed by atoms with van der Waals surface area (Å²) in [7, 11) is 1.58. The number of rotatable bonds is 4. The van der Waals surface area contributed by atoms with Crippen LogP contribution in [0.3, 0.4) is 0 Å². The second-order valence-electron chi connectivity index (χ2n) is 6.41. The molecule has 29 heavy (non-hydrogen) atoms. The molecule has 4 nitrogen and oxygen atoms in total. The van der Waals surface area contributed by atoms with E-state index in [2.05, 4.69) is 0 Å². The molecule has 0 radical (unpaired) electrons. The zero-order chi connectivity index (χ0) is 20.5. The number of methoxy groups -OCH3 is 1. The van der Waals surface area contributed by atoms with Gasteiger partial charge in [-0.05, 0) is 52.4 Å². The van der Waals surface area contributed by atoms with Gasteiger partial charge in [-0.2, -0.15) is 0 Å². The Morgan fingerprint density at radius 1 is 1.07 bits per heavy atom. The van der Waals surface area contributed by atoms with Crippen molar-refractivity contribution in [3.8, 4) is 5.75 Å². The summed E-state index contributed by atoms with van der Waals surface area (Å²) in [5.41, 5.74) is 1.42. The number of hydrogen-bond acceptors (Lipinski definition) is 4. The van der Waals surface area contributed by atoms with Crippen molar-refractivity contribution in [2.75, 3.05) is 7.11 Å². The number of nitrogens with zero attached hydrogens (tertiary/aromatic N) is 1. The molecule has 1 fully saturated rings. The van der Waals surface area contributed by atoms with Gasteiger partial charge in [-0.3, -0.25) is 14.5 Å². The molecule has 146 valence electrons. The van der Waals surface area contributed by atoms with Gasteiger partial charge in [0.1, 0.15) is 5.75 Å². The Balaban J connectivity index is 1.70. The van der Waals surface area contributed by atoms with Crippen LogP contribution >= 0.6 is 35.0 Å². The first kappa shape index (κ1) is 19.8. The molecule has 1 heterocycles. The van der Waals surface area contributed by atoms with Crippen LogP contribution in [0.4, 0.5) is 4.79 Å². The maximum atomic E-state index is 12.9. The number of thioether (sulfide) groups is 1. The van der Waals surface area contributed by atoms with Crippen molar-refractivity contribution in [2.45, 2.75) is 6.54 Å². The van der Waals surface area contributed by atoms with Gasteiger partial charge in [0, 0.05) is 15.6 Å². The van der Waals surface area contributed by atoms with E-state index in [1.165, 1.54) is 4.90 Å². The van der Waals surface area contributed by atoms with Crippen LogP contribution in [0.25, 0.3) is 16.8 Å². The number of carbonyl (C=O) groups is 2. The van der Waals surface area contributed by atoms with Crippen LogP contribution in [0.5, 0.6) is 5.75 Å². The van der Waals surface area contributed by atoms with Gasteiger partial charge in [0.2, 0.25) is 0 Å². The monoisotopic (exact) mass is 443 g/mol. The molecule has 1 saturated heterocycles. The zero-order valence-corrected chi connectivity index (χ0v) is 17.6. The largest absolute Gasteiger partial charge is 0.496 e. The lowest BCUT2D eigenvalue weighted by Crippen LogP contribution is -2.27. The Kier molecular flexibility index (Phi) is 5.54. The van der Waals surface area contributed by atoms with Gasteiger partial charge in [-0.1, -0.05) is 59.6 Å². The van der Waals surface area contributed by atoms with Gasteiger partial charge in [0.25, 0.3) is 11.1 Å². The summed E-state index contributed by atoms with van der Waals surface area (Å²) in [5, 5.41) is 2.53. The molecule has 0 N–H and O–H groups in total. The van der Waals surface area contributed by atoms with E-state index < -0.39 is 0 Å². The maximum Gasteiger partial charge on any atom is 0.293 e. The summed E-state index contributed by atoms with van der Waals surface area (Å²) in [6, 6.07) is 16.6. The van der Waals surface area contributed by atoms with Crippen molar-refractivity contribution in [3.05, 3.63) is 80.7 Å². The number of carbonyl (C=O) groups excluding carboxylic acids is 2. The Morgan fingerprint density at radius 2 is 1.86 bits per heavy atom. The number of hydrogen-bond donors (Lipinski definition) is 0. The Morgan fingerprint density at radius 3 is 2.62 bits per heavy atom. The van der Waals surface area contributed by atoms with Crippen LogP contribution in [0.2, 0.25) is 10.0 Å². The topological polar surface area (TPSA) is 46.6 Å². The molecular weight excluding hydrogens is 429 g/mol. The van der Waals surface area contributed by atoms with Crippen LogP contribution in [0, 0.1) is 0 Å². The van der Waals surface area contributed by atoms with Gasteiger partial charge in [-0.25, -0.2) is 0 Å². The fraction of sp³-hybridized carbons (Fsp3) is 0.0909. The highest BCUT2D eigenvalue weighted by Gasteiger charge is 2.35. The second kappa shape index (κ2) is 8.11. The van der Waals surface area contributed by atoms with Crippen molar-refractivity contribution in [3.63, 3.8) is 0 Å². The quantitative estimate of drug-likeness (QED) is 0.438. The van der Waals surface area contributed by atoms with Gasteiger partial charge in [-0.15, -0.1) is 0 Å². The van der Waals surface area contributed by atoms with Crippen molar-refractivity contribution < 1.29 is 14.3 Å². The fourth-order valence-corrected chi connectivity index (χ4v) is 4.48. The molecule has 0 aromatic heterocycles. The fourth-order valence-electron chi connectivity index (χ4n) is 3.19. The summed E-state index contributed by atoms with van der Waals surface area (Å²) in [6.45, 7) is 0.0880. The smallest absolute Gasteiger partial charge is 0.293 e. The van der Waals surface area contributed by atoms with Crippen LogP contribution in [0.1, 0.15) is 11.1 Å². The molecule has 3 aromatic carbocycles. The molecule has 0 aliphatic carbocycles. The lowest BCUT2D eigenvalue weighted by Gasteiger charge is -2.14. The first-order chi connectivity index (χ1) is 14.0. The number of amides is 2. The third kappa shape index (κ3) is 3.86. The number of halogens is 2. The van der Waals surface area contributed by atoms with Crippen molar-refractivity contribution in [1.29, 1.82) is 0 Å². The molecule has 1 aliphatic rings. The van der Waals surface area contributed by atoms with Crippen molar-refractivity contribution in [2.24, 2.45) is 0 Å². The van der Waals surface area contributed by atoms with E-state index in [1.807, 2.05) is 36.4 Å². The Hall–Kier alpha value is -2.47. The number of imide groups is 1. The molecule has 0 atom stereocenters. The summed E-state index contributed by atoms with van der Waals surface area (Å²) >= 11 is 13.0. The van der Waals surface area contributed by atoms with Gasteiger partial charge < -0.3 is 4.74 Å². The predicted octanol–water partition coefficient (Wildman–Crippen LogP) is 6.39. The minimum atomic E-state index is -0.360. The average molecular weight is 444 g/mol. The average Bonchev–Trinajstić information content (AvgIpc) is 2.97. The summed E-state index contributed by atoms with van der Waals surface area (Å²) < 4.78 is 5.48. The maximum absolute atomic E-state index is 12.9. The van der Waals surface area contributed by atoms with Crippen LogP contribution in [-0.4, -0.2) is 23.2 Å². The highest BCUT2D eigenvalue weighted by Crippen LogP contribution is 2.37. The van der Waals surface area contributed by atoms with Crippen LogP contribution in [-0.2, 0) is 11.3 Å². The van der Waals surface area contributed by atoms with E-state index in [-0.39, 0.29) is 17.7 Å². The first-order valence-electron chi connectivity index (χ1n) is 8.73. The zero-order valence-electron chi connectivity index (χ0n) is 15.3. The van der Waals surface area contributed by atoms with Crippen molar-refractivity contribution >= 4 is 63.0 Å². The second-order valence-corrected chi connectivity index (χ2v) is 8.24. The molecule has 7 heteroatoms. The summed E-state index contributed by atoms with van der Waals surface area (Å²) in [5.74, 6) is 0.275. The Bertz CT molecular complexity index is 1180. The molecular formula is C22H15Cl2NO3S. The van der Waals surface area contributed by atoms with Crippen LogP contribution in [0.15, 0.2) is 59.5 Å². The van der Waals surface area contributed by atoms with E-state index in [0.717, 1.165) is 28.1 Å². The van der Waals surface area contributed by atoms with E-state index in [9.17, 15) is 9.59 Å². The highest BCUT2D eigenvalue weighted by atomic mass is 35.5. The molecule has 0 unspecified atom stereocenters. The van der Waals surface area contributed by atoms with Gasteiger partial charge >= 0.3 is 0 Å². The molecule has 0 saturated carbocycles. The molecule has 2 amide bonds.